The number of fused-ring (bicyclic) bond motifs is 3. The smallest absolute Gasteiger partial charge is 0.410 e. The van der Waals surface area contributed by atoms with Crippen LogP contribution < -0.4 is 14.4 Å². The van der Waals surface area contributed by atoms with Crippen LogP contribution in [-0.4, -0.2) is 69.7 Å². The predicted octanol–water partition coefficient (Wildman–Crippen LogP) is 7.40. The Morgan fingerprint density at radius 1 is 0.880 bits per heavy atom. The lowest BCUT2D eigenvalue weighted by atomic mass is 9.88. The number of anilines is 1. The zero-order valence-corrected chi connectivity index (χ0v) is 29.4. The highest BCUT2D eigenvalue weighted by atomic mass is 16.6. The Hall–Kier alpha value is -5.09. The molecule has 2 saturated heterocycles. The minimum atomic E-state index is -0.536. The first kappa shape index (κ1) is 33.4. The number of ether oxygens (including phenoxy) is 4. The van der Waals surface area contributed by atoms with Crippen molar-refractivity contribution < 1.29 is 23.7 Å². The van der Waals surface area contributed by atoms with E-state index in [2.05, 4.69) is 23.1 Å². The van der Waals surface area contributed by atoms with E-state index in [1.807, 2.05) is 112 Å². The number of piperidine rings is 1. The monoisotopic (exact) mass is 675 g/mol. The Morgan fingerprint density at radius 2 is 1.52 bits per heavy atom. The molecule has 10 nitrogen and oxygen atoms in total. The van der Waals surface area contributed by atoms with Gasteiger partial charge in [0, 0.05) is 37.3 Å². The maximum Gasteiger partial charge on any atom is 0.410 e. The molecule has 0 spiro atoms. The third-order valence-electron chi connectivity index (χ3n) is 9.40. The first-order chi connectivity index (χ1) is 24.1. The molecule has 0 N–H and O–H groups in total. The van der Waals surface area contributed by atoms with Gasteiger partial charge in [-0.15, -0.1) is 0 Å². The lowest BCUT2D eigenvalue weighted by Crippen LogP contribution is -2.61. The van der Waals surface area contributed by atoms with E-state index in [0.29, 0.717) is 38.2 Å². The molecule has 50 heavy (non-hydrogen) atoms. The van der Waals surface area contributed by atoms with Crippen molar-refractivity contribution >= 4 is 22.7 Å². The van der Waals surface area contributed by atoms with Crippen LogP contribution in [0, 0.1) is 0 Å². The molecule has 260 valence electrons. The topological polar surface area (TPSA) is 91.2 Å². The zero-order valence-electron chi connectivity index (χ0n) is 29.4. The van der Waals surface area contributed by atoms with Crippen molar-refractivity contribution in [1.29, 1.82) is 0 Å². The van der Waals surface area contributed by atoms with Crippen LogP contribution in [0.4, 0.5) is 10.5 Å². The molecule has 10 heteroatoms. The van der Waals surface area contributed by atoms with Gasteiger partial charge in [-0.25, -0.2) is 4.79 Å². The number of carbonyl (C=O) groups is 1. The molecule has 4 heterocycles. The van der Waals surface area contributed by atoms with Crippen molar-refractivity contribution in [1.82, 2.24) is 19.7 Å². The van der Waals surface area contributed by atoms with Crippen molar-refractivity contribution in [3.05, 3.63) is 102 Å². The molecule has 2 aliphatic rings. The lowest BCUT2D eigenvalue weighted by molar-refractivity contribution is -0.00277. The van der Waals surface area contributed by atoms with Gasteiger partial charge >= 0.3 is 6.09 Å². The van der Waals surface area contributed by atoms with Crippen LogP contribution in [0.15, 0.2) is 91.0 Å². The standard InChI is InChI=1S/C40H45N5O5/c1-40(2,3)50-39(46)43(4)30-20-31-25-47-26-32(21-30)45(31)29-16-17-33-35(22-29)44(5)42-37(33)34-18-19-36(48-23-27-12-8-6-9-13-27)41-38(34)49-24-28-14-10-7-11-15-28/h6-19,22,30-32H,20-21,23-26H2,1-5H3. The number of morpholine rings is 1. The molecule has 2 aromatic heterocycles. The molecule has 3 aromatic carbocycles. The maximum atomic E-state index is 12.9. The molecule has 5 aromatic rings. The second-order valence-electron chi connectivity index (χ2n) is 14.2. The highest BCUT2D eigenvalue weighted by molar-refractivity contribution is 5.96. The molecule has 2 fully saturated rings. The van der Waals surface area contributed by atoms with Crippen LogP contribution in [-0.2, 0) is 29.7 Å². The van der Waals surface area contributed by atoms with Gasteiger partial charge in [-0.3, -0.25) is 4.68 Å². The van der Waals surface area contributed by atoms with Crippen LogP contribution in [0.2, 0.25) is 0 Å². The van der Waals surface area contributed by atoms with Crippen LogP contribution in [0.3, 0.4) is 0 Å². The number of hydrogen-bond donors (Lipinski definition) is 0. The largest absolute Gasteiger partial charge is 0.473 e. The van der Waals surface area contributed by atoms with Gasteiger partial charge < -0.3 is 28.7 Å². The number of aryl methyl sites for hydroxylation is 1. The normalized spacial score (nSPS) is 18.9. The Kier molecular flexibility index (Phi) is 9.38. The third-order valence-corrected chi connectivity index (χ3v) is 9.40. The van der Waals surface area contributed by atoms with Gasteiger partial charge in [0.1, 0.15) is 24.5 Å². The van der Waals surface area contributed by atoms with Gasteiger partial charge in [-0.1, -0.05) is 60.7 Å². The number of amides is 1. The van der Waals surface area contributed by atoms with Crippen molar-refractivity contribution in [2.45, 2.75) is 70.6 Å². The summed E-state index contributed by atoms with van der Waals surface area (Å²) >= 11 is 0. The summed E-state index contributed by atoms with van der Waals surface area (Å²) in [5.74, 6) is 0.948. The average molecular weight is 676 g/mol. The number of nitrogens with zero attached hydrogens (tertiary/aromatic N) is 5. The van der Waals surface area contributed by atoms with E-state index in [1.165, 1.54) is 0 Å². The van der Waals surface area contributed by atoms with Gasteiger partial charge in [0.15, 0.2) is 0 Å². The van der Waals surface area contributed by atoms with E-state index in [1.54, 1.807) is 4.90 Å². The Labute approximate surface area is 293 Å². The van der Waals surface area contributed by atoms with Crippen molar-refractivity contribution in [3.63, 3.8) is 0 Å². The number of rotatable bonds is 9. The Balaban J connectivity index is 1.16. The quantitative estimate of drug-likeness (QED) is 0.160. The van der Waals surface area contributed by atoms with Gasteiger partial charge in [-0.2, -0.15) is 10.1 Å². The fourth-order valence-electron chi connectivity index (χ4n) is 6.96. The highest BCUT2D eigenvalue weighted by Crippen LogP contribution is 2.39. The summed E-state index contributed by atoms with van der Waals surface area (Å²) in [6.07, 6.45) is 1.32. The summed E-state index contributed by atoms with van der Waals surface area (Å²) in [7, 11) is 3.82. The summed E-state index contributed by atoms with van der Waals surface area (Å²) in [5.41, 5.74) is 5.28. The van der Waals surface area contributed by atoms with Gasteiger partial charge in [0.05, 0.1) is 36.4 Å². The summed E-state index contributed by atoms with van der Waals surface area (Å²) in [6, 6.07) is 30.8. The fourth-order valence-corrected chi connectivity index (χ4v) is 6.96. The fraction of sp³-hybridized carbons (Fsp3) is 0.375. The second-order valence-corrected chi connectivity index (χ2v) is 14.2. The van der Waals surface area contributed by atoms with Crippen LogP contribution >= 0.6 is 0 Å². The van der Waals surface area contributed by atoms with E-state index in [9.17, 15) is 4.79 Å². The Morgan fingerprint density at radius 3 is 2.16 bits per heavy atom. The predicted molar refractivity (Wildman–Crippen MR) is 193 cm³/mol. The molecule has 0 radical (unpaired) electrons. The minimum Gasteiger partial charge on any atom is -0.473 e. The van der Waals surface area contributed by atoms with Crippen LogP contribution in [0.25, 0.3) is 22.2 Å². The van der Waals surface area contributed by atoms with E-state index in [4.69, 9.17) is 29.0 Å². The summed E-state index contributed by atoms with van der Waals surface area (Å²) in [5, 5.41) is 6.00. The van der Waals surface area contributed by atoms with E-state index in [0.717, 1.165) is 51.8 Å². The number of pyridine rings is 1. The van der Waals surface area contributed by atoms with Crippen molar-refractivity contribution in [3.8, 4) is 23.0 Å². The van der Waals surface area contributed by atoms with Crippen LogP contribution in [0.5, 0.6) is 11.8 Å². The molecule has 2 bridgehead atoms. The lowest BCUT2D eigenvalue weighted by Gasteiger charge is -2.51. The molecular weight excluding hydrogens is 630 g/mol. The van der Waals surface area contributed by atoms with Gasteiger partial charge in [0.25, 0.3) is 0 Å². The highest BCUT2D eigenvalue weighted by Gasteiger charge is 2.42. The van der Waals surface area contributed by atoms with E-state index >= 15 is 0 Å². The molecule has 1 amide bonds. The van der Waals surface area contributed by atoms with Gasteiger partial charge in [-0.05, 0) is 69.0 Å². The van der Waals surface area contributed by atoms with Crippen LogP contribution in [0.1, 0.15) is 44.7 Å². The first-order valence-corrected chi connectivity index (χ1v) is 17.3. The minimum absolute atomic E-state index is 0.0773. The Bertz CT molecular complexity index is 1930. The van der Waals surface area contributed by atoms with Crippen molar-refractivity contribution in [2.24, 2.45) is 7.05 Å². The SMILES string of the molecule is CN(C(=O)OC(C)(C)C)C1CC2COCC(C1)N2c1ccc2c(-c3ccc(OCc4ccccc4)nc3OCc3ccccc3)nn(C)c2c1. The number of benzene rings is 3. The summed E-state index contributed by atoms with van der Waals surface area (Å²) in [6.45, 7) is 7.68. The third kappa shape index (κ3) is 7.26. The molecule has 7 rings (SSSR count). The molecule has 0 saturated carbocycles. The molecule has 2 aliphatic heterocycles. The molecule has 2 unspecified atom stereocenters. The van der Waals surface area contributed by atoms with E-state index < -0.39 is 5.60 Å². The number of aromatic nitrogens is 3. The second kappa shape index (κ2) is 14.0. The van der Waals surface area contributed by atoms with Crippen molar-refractivity contribution in [2.75, 3.05) is 25.2 Å². The first-order valence-electron chi connectivity index (χ1n) is 17.3. The zero-order chi connectivity index (χ0) is 34.8. The molecule has 0 aliphatic carbocycles. The number of carbonyl (C=O) groups excluding carboxylic acids is 1. The summed E-state index contributed by atoms with van der Waals surface area (Å²) in [4.78, 5) is 22.0. The summed E-state index contributed by atoms with van der Waals surface area (Å²) < 4.78 is 26.1. The molecule has 2 atom stereocenters. The molecular formula is C40H45N5O5. The number of hydrogen-bond acceptors (Lipinski definition) is 8. The van der Waals surface area contributed by atoms with Gasteiger partial charge in [0.2, 0.25) is 11.8 Å². The maximum absolute atomic E-state index is 12.9. The van der Waals surface area contributed by atoms with E-state index in [-0.39, 0.29) is 24.2 Å². The average Bonchev–Trinajstić information content (AvgIpc) is 3.44.